The van der Waals surface area contributed by atoms with E-state index in [1.54, 1.807) is 36.4 Å². The van der Waals surface area contributed by atoms with E-state index in [2.05, 4.69) is 31.9 Å². The molecule has 0 saturated carbocycles. The van der Waals surface area contributed by atoms with Crippen molar-refractivity contribution in [2.45, 2.75) is 6.92 Å². The van der Waals surface area contributed by atoms with Crippen LogP contribution in [0.4, 0.5) is 11.4 Å². The molecular weight excluding hydrogens is 378 g/mol. The van der Waals surface area contributed by atoms with Crippen molar-refractivity contribution in [3.05, 3.63) is 58.6 Å². The van der Waals surface area contributed by atoms with Crippen molar-refractivity contribution >= 4 is 56.4 Å². The molecule has 0 bridgehead atoms. The van der Waals surface area contributed by atoms with E-state index in [0.717, 1.165) is 4.47 Å². The molecule has 0 aliphatic carbocycles. The summed E-state index contributed by atoms with van der Waals surface area (Å²) in [6.45, 7) is 1.38. The van der Waals surface area contributed by atoms with Crippen LogP contribution < -0.4 is 16.0 Å². The van der Waals surface area contributed by atoms with Crippen LogP contribution in [0.15, 0.2) is 53.0 Å². The lowest BCUT2D eigenvalue weighted by Gasteiger charge is -2.09. The summed E-state index contributed by atoms with van der Waals surface area (Å²) in [6.07, 6.45) is 0. The molecule has 2 rings (SSSR count). The number of rotatable bonds is 3. The van der Waals surface area contributed by atoms with Crippen molar-refractivity contribution in [1.29, 1.82) is 0 Å². The zero-order chi connectivity index (χ0) is 16.8. The number of halogens is 1. The second-order valence-corrected chi connectivity index (χ2v) is 6.00. The van der Waals surface area contributed by atoms with Crippen LogP contribution in [0.1, 0.15) is 17.3 Å². The third kappa shape index (κ3) is 5.46. The van der Waals surface area contributed by atoms with E-state index < -0.39 is 0 Å². The van der Waals surface area contributed by atoms with Gasteiger partial charge in [-0.2, -0.15) is 0 Å². The minimum Gasteiger partial charge on any atom is -0.332 e. The number of nitrogens with one attached hydrogen (secondary N) is 3. The van der Waals surface area contributed by atoms with Gasteiger partial charge in [-0.05, 0) is 60.7 Å². The first-order valence-corrected chi connectivity index (χ1v) is 7.90. The van der Waals surface area contributed by atoms with Crippen LogP contribution in [0.2, 0.25) is 0 Å². The quantitative estimate of drug-likeness (QED) is 0.699. The topological polar surface area (TPSA) is 70.2 Å². The van der Waals surface area contributed by atoms with Gasteiger partial charge in [-0.1, -0.05) is 15.9 Å². The molecule has 5 nitrogen and oxygen atoms in total. The molecule has 0 unspecified atom stereocenters. The van der Waals surface area contributed by atoms with Crippen molar-refractivity contribution in [1.82, 2.24) is 5.32 Å². The molecule has 118 valence electrons. The van der Waals surface area contributed by atoms with Gasteiger partial charge in [0.1, 0.15) is 0 Å². The summed E-state index contributed by atoms with van der Waals surface area (Å²) in [5.74, 6) is -0.423. The molecule has 0 fully saturated rings. The first-order valence-electron chi connectivity index (χ1n) is 6.69. The van der Waals surface area contributed by atoms with Crippen LogP contribution in [0.3, 0.4) is 0 Å². The lowest BCUT2D eigenvalue weighted by molar-refractivity contribution is -0.117. The minimum atomic E-state index is -0.235. The molecular formula is C16H14BrN3O2S. The molecule has 0 heterocycles. The average Bonchev–Trinajstić information content (AvgIpc) is 2.49. The Balaban J connectivity index is 1.97. The summed E-state index contributed by atoms with van der Waals surface area (Å²) in [5, 5.41) is 8.38. The summed E-state index contributed by atoms with van der Waals surface area (Å²) >= 11 is 8.30. The minimum absolute atomic E-state index is 0.188. The fourth-order valence-corrected chi connectivity index (χ4v) is 2.29. The van der Waals surface area contributed by atoms with Crippen LogP contribution in [0, 0.1) is 0 Å². The maximum Gasteiger partial charge on any atom is 0.255 e. The van der Waals surface area contributed by atoms with Gasteiger partial charge in [0, 0.05) is 28.3 Å². The standard InChI is InChI=1S/C16H14BrN3O2S/c1-10(21)18-16(23)20-14-8-6-13(7-9-14)19-15(22)11-2-4-12(17)5-3-11/h2-9H,1H3,(H,19,22)(H2,18,20,21,23). The van der Waals surface area contributed by atoms with Crippen LogP contribution in [-0.2, 0) is 4.79 Å². The Hall–Kier alpha value is -2.25. The van der Waals surface area contributed by atoms with Crippen molar-refractivity contribution in [2.24, 2.45) is 0 Å². The fraction of sp³-hybridized carbons (Fsp3) is 0.0625. The van der Waals surface area contributed by atoms with Gasteiger partial charge >= 0.3 is 0 Å². The second-order valence-electron chi connectivity index (χ2n) is 4.67. The van der Waals surface area contributed by atoms with E-state index in [0.29, 0.717) is 16.9 Å². The van der Waals surface area contributed by atoms with E-state index in [1.807, 2.05) is 12.1 Å². The molecule has 0 aromatic heterocycles. The highest BCUT2D eigenvalue weighted by molar-refractivity contribution is 9.10. The Morgan fingerprint density at radius 2 is 1.43 bits per heavy atom. The SMILES string of the molecule is CC(=O)NC(=S)Nc1ccc(NC(=O)c2ccc(Br)cc2)cc1. The Morgan fingerprint density at radius 1 is 0.913 bits per heavy atom. The third-order valence-electron chi connectivity index (χ3n) is 2.80. The van der Waals surface area contributed by atoms with Crippen molar-refractivity contribution in [3.63, 3.8) is 0 Å². The lowest BCUT2D eigenvalue weighted by atomic mass is 10.2. The normalized spacial score (nSPS) is 9.83. The molecule has 2 aromatic rings. The van der Waals surface area contributed by atoms with Crippen molar-refractivity contribution in [2.75, 3.05) is 10.6 Å². The summed E-state index contributed by atoms with van der Waals surface area (Å²) in [7, 11) is 0. The first-order chi connectivity index (χ1) is 10.9. The Bertz CT molecular complexity index is 730. The number of benzene rings is 2. The molecule has 2 aromatic carbocycles. The van der Waals surface area contributed by atoms with Gasteiger partial charge in [0.25, 0.3) is 5.91 Å². The highest BCUT2D eigenvalue weighted by Gasteiger charge is 2.06. The van der Waals surface area contributed by atoms with Crippen LogP contribution in [0.25, 0.3) is 0 Å². The molecule has 2 amide bonds. The molecule has 3 N–H and O–H groups in total. The highest BCUT2D eigenvalue weighted by atomic mass is 79.9. The first kappa shape index (κ1) is 17.1. The van der Waals surface area contributed by atoms with Crippen LogP contribution >= 0.6 is 28.1 Å². The number of carbonyl (C=O) groups excluding carboxylic acids is 2. The molecule has 0 saturated heterocycles. The second kappa shape index (κ2) is 7.85. The summed E-state index contributed by atoms with van der Waals surface area (Å²) < 4.78 is 0.916. The largest absolute Gasteiger partial charge is 0.332 e. The third-order valence-corrected chi connectivity index (χ3v) is 3.53. The van der Waals surface area contributed by atoms with Crippen molar-refractivity contribution in [3.8, 4) is 0 Å². The van der Waals surface area contributed by atoms with Gasteiger partial charge in [0.05, 0.1) is 0 Å². The number of amides is 2. The zero-order valence-electron chi connectivity index (χ0n) is 12.2. The van der Waals surface area contributed by atoms with Gasteiger partial charge in [-0.3, -0.25) is 9.59 Å². The molecule has 0 aliphatic rings. The van der Waals surface area contributed by atoms with Gasteiger partial charge in [-0.25, -0.2) is 0 Å². The smallest absolute Gasteiger partial charge is 0.255 e. The lowest BCUT2D eigenvalue weighted by Crippen LogP contribution is -2.32. The fourth-order valence-electron chi connectivity index (χ4n) is 1.76. The molecule has 0 aliphatic heterocycles. The monoisotopic (exact) mass is 391 g/mol. The van der Waals surface area contributed by atoms with E-state index in [4.69, 9.17) is 12.2 Å². The Labute approximate surface area is 147 Å². The maximum atomic E-state index is 12.1. The number of anilines is 2. The number of carbonyl (C=O) groups is 2. The average molecular weight is 392 g/mol. The highest BCUT2D eigenvalue weighted by Crippen LogP contribution is 2.16. The molecule has 0 atom stereocenters. The number of thiocarbonyl (C=S) groups is 1. The van der Waals surface area contributed by atoms with Gasteiger partial charge < -0.3 is 16.0 Å². The van der Waals surface area contributed by atoms with Gasteiger partial charge in [0.15, 0.2) is 5.11 Å². The van der Waals surface area contributed by atoms with Crippen LogP contribution in [-0.4, -0.2) is 16.9 Å². The maximum absolute atomic E-state index is 12.1. The van der Waals surface area contributed by atoms with E-state index in [1.165, 1.54) is 6.92 Å². The number of hydrogen-bond donors (Lipinski definition) is 3. The van der Waals surface area contributed by atoms with E-state index in [-0.39, 0.29) is 16.9 Å². The Kier molecular flexibility index (Phi) is 5.84. The summed E-state index contributed by atoms with van der Waals surface area (Å²) in [5.41, 5.74) is 1.95. The molecule has 0 radical (unpaired) electrons. The van der Waals surface area contributed by atoms with E-state index in [9.17, 15) is 9.59 Å². The van der Waals surface area contributed by atoms with Gasteiger partial charge in [-0.15, -0.1) is 0 Å². The predicted octanol–water partition coefficient (Wildman–Crippen LogP) is 3.53. The Morgan fingerprint density at radius 3 is 1.96 bits per heavy atom. The van der Waals surface area contributed by atoms with Crippen molar-refractivity contribution < 1.29 is 9.59 Å². The van der Waals surface area contributed by atoms with E-state index >= 15 is 0 Å². The summed E-state index contributed by atoms with van der Waals surface area (Å²) in [4.78, 5) is 23.0. The summed E-state index contributed by atoms with van der Waals surface area (Å²) in [6, 6.07) is 14.1. The van der Waals surface area contributed by atoms with Gasteiger partial charge in [0.2, 0.25) is 5.91 Å². The molecule has 23 heavy (non-hydrogen) atoms. The predicted molar refractivity (Wildman–Crippen MR) is 98.6 cm³/mol. The molecule has 0 spiro atoms. The molecule has 7 heteroatoms. The van der Waals surface area contributed by atoms with Crippen LogP contribution in [0.5, 0.6) is 0 Å². The number of hydrogen-bond acceptors (Lipinski definition) is 3. The zero-order valence-corrected chi connectivity index (χ0v) is 14.6.